The Balaban J connectivity index is 2.10. The number of anilines is 1. The number of benzene rings is 2. The van der Waals surface area contributed by atoms with Gasteiger partial charge in [0.1, 0.15) is 0 Å². The summed E-state index contributed by atoms with van der Waals surface area (Å²) in [4.78, 5) is 12.0. The summed E-state index contributed by atoms with van der Waals surface area (Å²) in [6.07, 6.45) is 0. The molecule has 2 rings (SSSR count). The van der Waals surface area contributed by atoms with E-state index >= 15 is 0 Å². The van der Waals surface area contributed by atoms with Crippen molar-refractivity contribution in [1.29, 1.82) is 0 Å². The van der Waals surface area contributed by atoms with E-state index in [0.717, 1.165) is 5.56 Å². The molecule has 0 aromatic heterocycles. The highest BCUT2D eigenvalue weighted by atomic mass is 35.5. The Morgan fingerprint density at radius 2 is 1.60 bits per heavy atom. The summed E-state index contributed by atoms with van der Waals surface area (Å²) in [5.74, 6) is -0.207. The van der Waals surface area contributed by atoms with Crippen LogP contribution in [-0.2, 0) is 0 Å². The Kier molecular flexibility index (Phi) is 4.38. The van der Waals surface area contributed by atoms with Gasteiger partial charge >= 0.3 is 0 Å². The van der Waals surface area contributed by atoms with Gasteiger partial charge in [-0.15, -0.1) is 0 Å². The van der Waals surface area contributed by atoms with Crippen LogP contribution < -0.4 is 5.32 Å². The fraction of sp³-hybridized carbons (Fsp3) is 0.0667. The Bertz CT molecular complexity index is 634. The Morgan fingerprint density at radius 3 is 2.15 bits per heavy atom. The van der Waals surface area contributed by atoms with Gasteiger partial charge in [0.2, 0.25) is 0 Å². The summed E-state index contributed by atoms with van der Waals surface area (Å²) in [6, 6.07) is 13.7. The second-order valence-corrected chi connectivity index (χ2v) is 4.66. The highest BCUT2D eigenvalue weighted by molar-refractivity contribution is 6.30. The van der Waals surface area contributed by atoms with Crippen LogP contribution in [0.25, 0.3) is 0 Å². The first kappa shape index (κ1) is 14.1. The van der Waals surface area contributed by atoms with E-state index in [4.69, 9.17) is 16.8 Å². The number of rotatable bonds is 3. The largest absolute Gasteiger partial charge is 0.411 e. The van der Waals surface area contributed by atoms with Crippen LogP contribution in [0.2, 0.25) is 5.02 Å². The monoisotopic (exact) mass is 288 g/mol. The lowest BCUT2D eigenvalue weighted by molar-refractivity contribution is 0.102. The van der Waals surface area contributed by atoms with Gasteiger partial charge in [0.25, 0.3) is 5.91 Å². The Morgan fingerprint density at radius 1 is 1.05 bits per heavy atom. The minimum atomic E-state index is -0.207. The molecule has 0 bridgehead atoms. The maximum atomic E-state index is 12.0. The number of hydrogen-bond acceptors (Lipinski definition) is 3. The first-order valence-corrected chi connectivity index (χ1v) is 6.34. The molecule has 0 saturated carbocycles. The van der Waals surface area contributed by atoms with E-state index in [9.17, 15) is 4.79 Å². The Labute approximate surface area is 121 Å². The molecule has 0 saturated heterocycles. The highest BCUT2D eigenvalue weighted by Crippen LogP contribution is 2.14. The molecule has 0 radical (unpaired) electrons. The predicted molar refractivity (Wildman–Crippen MR) is 79.8 cm³/mol. The number of oxime groups is 1. The van der Waals surface area contributed by atoms with Gasteiger partial charge in [0, 0.05) is 16.3 Å². The summed E-state index contributed by atoms with van der Waals surface area (Å²) in [6.45, 7) is 1.70. The summed E-state index contributed by atoms with van der Waals surface area (Å²) in [5, 5.41) is 15.2. The van der Waals surface area contributed by atoms with Gasteiger partial charge in [-0.3, -0.25) is 4.79 Å². The first-order chi connectivity index (χ1) is 9.60. The van der Waals surface area contributed by atoms with Crippen molar-refractivity contribution in [2.45, 2.75) is 6.92 Å². The van der Waals surface area contributed by atoms with Crippen LogP contribution in [0, 0.1) is 0 Å². The topological polar surface area (TPSA) is 61.7 Å². The van der Waals surface area contributed by atoms with Crippen molar-refractivity contribution in [3.63, 3.8) is 0 Å². The van der Waals surface area contributed by atoms with Crippen molar-refractivity contribution in [2.75, 3.05) is 5.32 Å². The smallest absolute Gasteiger partial charge is 0.255 e. The highest BCUT2D eigenvalue weighted by Gasteiger charge is 2.06. The number of nitrogens with one attached hydrogen (secondary N) is 1. The molecule has 1 amide bonds. The molecule has 4 nitrogen and oxygen atoms in total. The SMILES string of the molecule is C/C(=N\O)c1ccc(NC(=O)c2ccc(Cl)cc2)cc1. The molecule has 102 valence electrons. The Hall–Kier alpha value is -2.33. The molecule has 2 N–H and O–H groups in total. The van der Waals surface area contributed by atoms with Crippen molar-refractivity contribution in [2.24, 2.45) is 5.16 Å². The molecule has 0 aliphatic rings. The van der Waals surface area contributed by atoms with E-state index in [1.54, 1.807) is 55.5 Å². The molecule has 2 aromatic carbocycles. The number of halogens is 1. The van der Waals surface area contributed by atoms with E-state index in [-0.39, 0.29) is 5.91 Å². The lowest BCUT2D eigenvalue weighted by atomic mass is 10.1. The third kappa shape index (κ3) is 3.36. The minimum absolute atomic E-state index is 0.207. The van der Waals surface area contributed by atoms with E-state index in [1.165, 1.54) is 0 Å². The average Bonchev–Trinajstić information content (AvgIpc) is 2.48. The number of amides is 1. The van der Waals surface area contributed by atoms with Crippen LogP contribution in [0.1, 0.15) is 22.8 Å². The van der Waals surface area contributed by atoms with Crippen molar-refractivity contribution < 1.29 is 10.0 Å². The molecule has 0 fully saturated rings. The van der Waals surface area contributed by atoms with Crippen LogP contribution in [0.15, 0.2) is 53.7 Å². The third-order valence-corrected chi connectivity index (χ3v) is 3.07. The maximum absolute atomic E-state index is 12.0. The van der Waals surface area contributed by atoms with Gasteiger partial charge in [0.15, 0.2) is 0 Å². The molecule has 0 atom stereocenters. The van der Waals surface area contributed by atoms with Crippen molar-refractivity contribution in [1.82, 2.24) is 0 Å². The standard InChI is InChI=1S/C15H13ClN2O2/c1-10(18-20)11-4-8-14(9-5-11)17-15(19)12-2-6-13(16)7-3-12/h2-9,20H,1H3,(H,17,19)/b18-10+. The summed E-state index contributed by atoms with van der Waals surface area (Å²) < 4.78 is 0. The normalized spacial score (nSPS) is 11.2. The van der Waals surface area contributed by atoms with Crippen LogP contribution >= 0.6 is 11.6 Å². The van der Waals surface area contributed by atoms with Crippen molar-refractivity contribution in [3.05, 3.63) is 64.7 Å². The number of nitrogens with zero attached hydrogens (tertiary/aromatic N) is 1. The quantitative estimate of drug-likeness (QED) is 0.513. The second kappa shape index (κ2) is 6.21. The molecule has 0 spiro atoms. The summed E-state index contributed by atoms with van der Waals surface area (Å²) in [5.41, 5.74) is 2.50. The lowest BCUT2D eigenvalue weighted by Gasteiger charge is -2.06. The van der Waals surface area contributed by atoms with Crippen molar-refractivity contribution >= 4 is 28.9 Å². The van der Waals surface area contributed by atoms with E-state index in [2.05, 4.69) is 10.5 Å². The van der Waals surface area contributed by atoms with E-state index in [0.29, 0.717) is 22.0 Å². The average molecular weight is 289 g/mol. The zero-order chi connectivity index (χ0) is 14.5. The van der Waals surface area contributed by atoms with Crippen LogP contribution in [-0.4, -0.2) is 16.8 Å². The van der Waals surface area contributed by atoms with Crippen molar-refractivity contribution in [3.8, 4) is 0 Å². The van der Waals surface area contributed by atoms with E-state index < -0.39 is 0 Å². The van der Waals surface area contributed by atoms with Gasteiger partial charge in [-0.25, -0.2) is 0 Å². The fourth-order valence-corrected chi connectivity index (χ4v) is 1.78. The maximum Gasteiger partial charge on any atom is 0.255 e. The predicted octanol–water partition coefficient (Wildman–Crippen LogP) is 3.79. The van der Waals surface area contributed by atoms with E-state index in [1.807, 2.05) is 0 Å². The first-order valence-electron chi connectivity index (χ1n) is 5.96. The zero-order valence-corrected chi connectivity index (χ0v) is 11.6. The van der Waals surface area contributed by atoms with Gasteiger partial charge in [-0.1, -0.05) is 28.9 Å². The molecule has 2 aromatic rings. The summed E-state index contributed by atoms with van der Waals surface area (Å²) >= 11 is 5.77. The number of hydrogen-bond donors (Lipinski definition) is 2. The van der Waals surface area contributed by atoms with Crippen LogP contribution in [0.5, 0.6) is 0 Å². The zero-order valence-electron chi connectivity index (χ0n) is 10.8. The minimum Gasteiger partial charge on any atom is -0.411 e. The van der Waals surface area contributed by atoms with Gasteiger partial charge < -0.3 is 10.5 Å². The molecular weight excluding hydrogens is 276 g/mol. The van der Waals surface area contributed by atoms with Gasteiger partial charge in [0.05, 0.1) is 5.71 Å². The number of carbonyl (C=O) groups excluding carboxylic acids is 1. The third-order valence-electron chi connectivity index (χ3n) is 2.82. The molecule has 0 unspecified atom stereocenters. The number of carbonyl (C=O) groups is 1. The van der Waals surface area contributed by atoms with Gasteiger partial charge in [-0.2, -0.15) is 0 Å². The lowest BCUT2D eigenvalue weighted by Crippen LogP contribution is -2.11. The second-order valence-electron chi connectivity index (χ2n) is 4.22. The molecule has 20 heavy (non-hydrogen) atoms. The summed E-state index contributed by atoms with van der Waals surface area (Å²) in [7, 11) is 0. The molecular formula is C15H13ClN2O2. The van der Waals surface area contributed by atoms with Crippen LogP contribution in [0.3, 0.4) is 0 Å². The molecule has 0 aliphatic heterocycles. The van der Waals surface area contributed by atoms with Crippen LogP contribution in [0.4, 0.5) is 5.69 Å². The van der Waals surface area contributed by atoms with Gasteiger partial charge in [-0.05, 0) is 48.9 Å². The molecule has 0 aliphatic carbocycles. The molecule has 0 heterocycles. The molecule has 5 heteroatoms. The fourth-order valence-electron chi connectivity index (χ4n) is 1.66.